The molecule has 0 aliphatic carbocycles. The molecule has 4 heterocycles. The molecule has 6 heteroatoms. The maximum absolute atomic E-state index is 5.31. The van der Waals surface area contributed by atoms with Crippen molar-refractivity contribution in [1.82, 2.24) is 24.1 Å². The molecule has 11 rings (SSSR count). The van der Waals surface area contributed by atoms with Gasteiger partial charge in [-0.05, 0) is 57.9 Å². The molecule has 49 heavy (non-hydrogen) atoms. The maximum atomic E-state index is 5.31. The van der Waals surface area contributed by atoms with Crippen LogP contribution in [0.1, 0.15) is 0 Å². The van der Waals surface area contributed by atoms with Crippen LogP contribution in [0.25, 0.3) is 88.8 Å². The van der Waals surface area contributed by atoms with Gasteiger partial charge in [0, 0.05) is 37.1 Å². The number of aromatic nitrogens is 5. The van der Waals surface area contributed by atoms with E-state index in [2.05, 4.69) is 161 Å². The van der Waals surface area contributed by atoms with E-state index < -0.39 is 0 Å². The second-order valence-electron chi connectivity index (χ2n) is 12.5. The van der Waals surface area contributed by atoms with Crippen molar-refractivity contribution in [2.75, 3.05) is 0 Å². The molecule has 3 aromatic heterocycles. The molecule has 0 N–H and O–H groups in total. The molecule has 10 aromatic rings. The van der Waals surface area contributed by atoms with Crippen LogP contribution in [0.3, 0.4) is 0 Å². The molecular formula is C43H25N5S. The van der Waals surface area contributed by atoms with Crippen LogP contribution in [0.15, 0.2) is 161 Å². The predicted molar refractivity (Wildman–Crippen MR) is 201 cm³/mol. The number of fused-ring (bicyclic) bond motifs is 9. The van der Waals surface area contributed by atoms with Crippen molar-refractivity contribution >= 4 is 66.1 Å². The van der Waals surface area contributed by atoms with E-state index in [9.17, 15) is 0 Å². The number of benzene rings is 7. The second kappa shape index (κ2) is 10.1. The van der Waals surface area contributed by atoms with Crippen molar-refractivity contribution in [3.05, 3.63) is 152 Å². The zero-order valence-electron chi connectivity index (χ0n) is 26.1. The first kappa shape index (κ1) is 26.8. The van der Waals surface area contributed by atoms with Crippen LogP contribution in [0.4, 0.5) is 0 Å². The minimum atomic E-state index is 0.587. The van der Waals surface area contributed by atoms with E-state index in [1.807, 2.05) is 11.8 Å². The first-order chi connectivity index (χ1) is 24.3. The van der Waals surface area contributed by atoms with Gasteiger partial charge in [-0.25, -0.2) is 4.98 Å². The number of hydrogen-bond acceptors (Lipinski definition) is 4. The molecule has 0 fully saturated rings. The van der Waals surface area contributed by atoms with Crippen LogP contribution in [0, 0.1) is 0 Å². The Morgan fingerprint density at radius 3 is 1.78 bits per heavy atom. The highest BCUT2D eigenvalue weighted by atomic mass is 32.2. The van der Waals surface area contributed by atoms with Gasteiger partial charge in [-0.15, -0.1) is 0 Å². The summed E-state index contributed by atoms with van der Waals surface area (Å²) in [5.41, 5.74) is 6.38. The van der Waals surface area contributed by atoms with Gasteiger partial charge in [0.2, 0.25) is 5.95 Å². The predicted octanol–water partition coefficient (Wildman–Crippen LogP) is 11.0. The summed E-state index contributed by atoms with van der Waals surface area (Å²) in [5, 5.41) is 8.24. The smallest absolute Gasteiger partial charge is 0.239 e. The minimum absolute atomic E-state index is 0.587. The van der Waals surface area contributed by atoms with Gasteiger partial charge in [-0.2, -0.15) is 9.97 Å². The summed E-state index contributed by atoms with van der Waals surface area (Å²) in [7, 11) is 0. The first-order valence-corrected chi connectivity index (χ1v) is 17.2. The topological polar surface area (TPSA) is 48.5 Å². The molecule has 0 unspecified atom stereocenters. The molecule has 0 spiro atoms. The molecule has 7 aromatic carbocycles. The lowest BCUT2D eigenvalue weighted by molar-refractivity contribution is 0.927. The Morgan fingerprint density at radius 1 is 0.449 bits per heavy atom. The highest BCUT2D eigenvalue weighted by molar-refractivity contribution is 7.99. The van der Waals surface area contributed by atoms with E-state index in [1.54, 1.807) is 0 Å². The molecule has 0 saturated carbocycles. The van der Waals surface area contributed by atoms with Gasteiger partial charge in [-0.1, -0.05) is 127 Å². The highest BCUT2D eigenvalue weighted by Gasteiger charge is 2.28. The Balaban J connectivity index is 1.27. The SMILES string of the molecule is c1ccc2c(c1)Sc1cccc3c4c5ccccc5n(-c5nc(-c6ccc7ccccc7c6)nc(-c6ccc7ccccc7c6)n5)c4n-2c13. The molecule has 0 saturated heterocycles. The standard InChI is InChI=1S/C43H25N5S/c1-3-12-28-24-30(22-20-26(28)10-1)40-44-41(31-23-21-27-11-2-4-13-29(27)25-31)46-43(45-40)48-34-16-6-5-14-32(34)38-33-15-9-19-37-39(33)47(42(38)48)35-17-7-8-18-36(35)49-37/h1-25H. The Bertz CT molecular complexity index is 2890. The van der Waals surface area contributed by atoms with Crippen LogP contribution in [-0.2, 0) is 0 Å². The van der Waals surface area contributed by atoms with Crippen molar-refractivity contribution in [3.63, 3.8) is 0 Å². The minimum Gasteiger partial charge on any atom is -0.293 e. The summed E-state index contributed by atoms with van der Waals surface area (Å²) in [6.07, 6.45) is 0. The first-order valence-electron chi connectivity index (χ1n) is 16.4. The van der Waals surface area contributed by atoms with Crippen molar-refractivity contribution < 1.29 is 0 Å². The van der Waals surface area contributed by atoms with E-state index in [-0.39, 0.29) is 0 Å². The van der Waals surface area contributed by atoms with Crippen LogP contribution >= 0.6 is 11.8 Å². The number of rotatable bonds is 3. The number of para-hydroxylation sites is 3. The van der Waals surface area contributed by atoms with Crippen molar-refractivity contribution in [2.24, 2.45) is 0 Å². The van der Waals surface area contributed by atoms with Crippen molar-refractivity contribution in [2.45, 2.75) is 9.79 Å². The van der Waals surface area contributed by atoms with E-state index in [0.29, 0.717) is 17.6 Å². The van der Waals surface area contributed by atoms with E-state index in [4.69, 9.17) is 15.0 Å². The summed E-state index contributed by atoms with van der Waals surface area (Å²) in [6.45, 7) is 0. The Kier molecular flexibility index (Phi) is 5.54. The third kappa shape index (κ3) is 3.92. The number of hydrogen-bond donors (Lipinski definition) is 0. The molecule has 228 valence electrons. The fourth-order valence-electron chi connectivity index (χ4n) is 7.51. The van der Waals surface area contributed by atoms with Gasteiger partial charge in [0.1, 0.15) is 5.65 Å². The third-order valence-electron chi connectivity index (χ3n) is 9.72. The molecule has 1 aliphatic heterocycles. The van der Waals surface area contributed by atoms with E-state index in [1.165, 1.54) is 42.2 Å². The molecule has 0 atom stereocenters. The summed E-state index contributed by atoms with van der Waals surface area (Å²) in [4.78, 5) is 18.2. The van der Waals surface area contributed by atoms with Gasteiger partial charge < -0.3 is 0 Å². The van der Waals surface area contributed by atoms with Crippen molar-refractivity contribution in [3.8, 4) is 34.4 Å². The summed E-state index contributed by atoms with van der Waals surface area (Å²) >= 11 is 1.83. The van der Waals surface area contributed by atoms with Gasteiger partial charge in [-0.3, -0.25) is 9.13 Å². The van der Waals surface area contributed by atoms with Gasteiger partial charge in [0.05, 0.1) is 16.7 Å². The lowest BCUT2D eigenvalue weighted by atomic mass is 10.1. The lowest BCUT2D eigenvalue weighted by Gasteiger charge is -2.20. The Labute approximate surface area is 285 Å². The van der Waals surface area contributed by atoms with Crippen LogP contribution in [0.2, 0.25) is 0 Å². The quantitative estimate of drug-likeness (QED) is 0.192. The van der Waals surface area contributed by atoms with Crippen LogP contribution in [0.5, 0.6) is 0 Å². The molecule has 5 nitrogen and oxygen atoms in total. The lowest BCUT2D eigenvalue weighted by Crippen LogP contribution is -2.10. The normalized spacial score (nSPS) is 12.4. The molecule has 0 radical (unpaired) electrons. The molecule has 0 bridgehead atoms. The second-order valence-corrected chi connectivity index (χ2v) is 13.6. The summed E-state index contributed by atoms with van der Waals surface area (Å²) in [5.74, 6) is 1.86. The van der Waals surface area contributed by atoms with E-state index >= 15 is 0 Å². The highest BCUT2D eigenvalue weighted by Crippen LogP contribution is 2.49. The summed E-state index contributed by atoms with van der Waals surface area (Å²) < 4.78 is 4.67. The molecule has 1 aliphatic rings. The Hall–Kier alpha value is -6.24. The molecular weight excluding hydrogens is 619 g/mol. The largest absolute Gasteiger partial charge is 0.293 e. The number of nitrogens with zero attached hydrogens (tertiary/aromatic N) is 5. The maximum Gasteiger partial charge on any atom is 0.239 e. The molecule has 0 amide bonds. The average molecular weight is 644 g/mol. The van der Waals surface area contributed by atoms with Crippen LogP contribution in [-0.4, -0.2) is 24.1 Å². The third-order valence-corrected chi connectivity index (χ3v) is 10.8. The van der Waals surface area contributed by atoms with Gasteiger partial charge in [0.25, 0.3) is 0 Å². The Morgan fingerprint density at radius 2 is 1.04 bits per heavy atom. The van der Waals surface area contributed by atoms with Gasteiger partial charge >= 0.3 is 0 Å². The van der Waals surface area contributed by atoms with E-state index in [0.717, 1.165) is 38.8 Å². The average Bonchev–Trinajstić information content (AvgIpc) is 3.68. The zero-order valence-corrected chi connectivity index (χ0v) is 26.9. The summed E-state index contributed by atoms with van der Waals surface area (Å²) in [6, 6.07) is 53.6. The van der Waals surface area contributed by atoms with Crippen LogP contribution < -0.4 is 0 Å². The fraction of sp³-hybridized carbons (Fsp3) is 0. The monoisotopic (exact) mass is 643 g/mol. The van der Waals surface area contributed by atoms with Crippen molar-refractivity contribution in [1.29, 1.82) is 0 Å². The zero-order chi connectivity index (χ0) is 32.1. The van der Waals surface area contributed by atoms with Gasteiger partial charge in [0.15, 0.2) is 11.6 Å². The fourth-order valence-corrected chi connectivity index (χ4v) is 8.60.